The average Bonchev–Trinajstić information content (AvgIpc) is 2.83. The Morgan fingerprint density at radius 2 is 1.97 bits per heavy atom. The molecular weight excluding hydrogens is 454 g/mol. The lowest BCUT2D eigenvalue weighted by Crippen LogP contribution is -2.39. The van der Waals surface area contributed by atoms with Crippen LogP contribution in [-0.4, -0.2) is 41.7 Å². The van der Waals surface area contributed by atoms with Gasteiger partial charge < -0.3 is 20.7 Å². The molecular formula is C28H35N5O3. The summed E-state index contributed by atoms with van der Waals surface area (Å²) in [6.45, 7) is 7.16. The number of nitrogens with zero attached hydrogens (tertiary/aromatic N) is 2. The molecule has 1 aliphatic carbocycles. The first-order chi connectivity index (χ1) is 17.3. The van der Waals surface area contributed by atoms with Gasteiger partial charge in [-0.15, -0.1) is 0 Å². The van der Waals surface area contributed by atoms with Gasteiger partial charge in [0, 0.05) is 36.1 Å². The van der Waals surface area contributed by atoms with Crippen LogP contribution in [0.3, 0.4) is 0 Å². The van der Waals surface area contributed by atoms with E-state index in [-0.39, 0.29) is 23.3 Å². The molecule has 1 fully saturated rings. The summed E-state index contributed by atoms with van der Waals surface area (Å²) in [4.78, 5) is 30.6. The number of carbonyl (C=O) groups excluding carboxylic acids is 1. The molecule has 0 atom stereocenters. The molecule has 190 valence electrons. The normalized spacial score (nSPS) is 13.7. The molecule has 1 aliphatic rings. The predicted molar refractivity (Wildman–Crippen MR) is 142 cm³/mol. The number of rotatable bonds is 10. The Balaban J connectivity index is 1.62. The second-order valence-electron chi connectivity index (χ2n) is 9.75. The van der Waals surface area contributed by atoms with E-state index in [1.807, 2.05) is 58.2 Å². The predicted octanol–water partition coefficient (Wildman–Crippen LogP) is 3.77. The molecule has 8 nitrogen and oxygen atoms in total. The Hall–Kier alpha value is -3.65. The number of aromatic nitrogens is 2. The molecule has 1 heterocycles. The Morgan fingerprint density at radius 3 is 2.69 bits per heavy atom. The van der Waals surface area contributed by atoms with Crippen molar-refractivity contribution in [1.82, 2.24) is 20.2 Å². The Labute approximate surface area is 212 Å². The molecule has 1 aromatic heterocycles. The molecule has 1 amide bonds. The van der Waals surface area contributed by atoms with Gasteiger partial charge in [-0.25, -0.2) is 4.98 Å². The zero-order valence-corrected chi connectivity index (χ0v) is 21.4. The van der Waals surface area contributed by atoms with E-state index in [1.54, 1.807) is 24.5 Å². The minimum absolute atomic E-state index is 0.114. The molecule has 0 aliphatic heterocycles. The quantitative estimate of drug-likeness (QED) is 0.375. The number of aryl methyl sites for hydroxylation is 1. The van der Waals surface area contributed by atoms with Gasteiger partial charge in [0.25, 0.3) is 11.5 Å². The number of likely N-dealkylation sites (N-methyl/N-ethyl adjacent to an activating group) is 1. The third-order valence-corrected chi connectivity index (χ3v) is 6.61. The van der Waals surface area contributed by atoms with Crippen LogP contribution in [0.5, 0.6) is 5.75 Å². The van der Waals surface area contributed by atoms with Crippen LogP contribution < -0.4 is 26.2 Å². The summed E-state index contributed by atoms with van der Waals surface area (Å²) >= 11 is 0. The minimum Gasteiger partial charge on any atom is -0.492 e. The third kappa shape index (κ3) is 5.60. The molecule has 4 rings (SSSR count). The van der Waals surface area contributed by atoms with Crippen molar-refractivity contribution < 1.29 is 9.53 Å². The summed E-state index contributed by atoms with van der Waals surface area (Å²) < 4.78 is 7.51. The molecule has 0 unspecified atom stereocenters. The molecule has 1 saturated carbocycles. The monoisotopic (exact) mass is 489 g/mol. The Bertz CT molecular complexity index is 1280. The first-order valence-corrected chi connectivity index (χ1v) is 12.4. The van der Waals surface area contributed by atoms with Crippen LogP contribution in [0.2, 0.25) is 0 Å². The second kappa shape index (κ2) is 11.0. The maximum atomic E-state index is 13.5. The highest BCUT2D eigenvalue weighted by atomic mass is 16.5. The fourth-order valence-corrected chi connectivity index (χ4v) is 4.25. The smallest absolute Gasteiger partial charge is 0.297 e. The molecule has 0 spiro atoms. The number of carbonyl (C=O) groups is 1. The van der Waals surface area contributed by atoms with Crippen LogP contribution in [-0.2, 0) is 5.54 Å². The van der Waals surface area contributed by atoms with Crippen LogP contribution in [0, 0.1) is 6.92 Å². The summed E-state index contributed by atoms with van der Waals surface area (Å²) in [6.07, 6.45) is 6.40. The second-order valence-corrected chi connectivity index (χ2v) is 9.75. The summed E-state index contributed by atoms with van der Waals surface area (Å²) in [6, 6.07) is 13.5. The Morgan fingerprint density at radius 1 is 1.19 bits per heavy atom. The minimum atomic E-state index is -0.638. The van der Waals surface area contributed by atoms with Crippen LogP contribution in [0.4, 0.5) is 5.82 Å². The zero-order valence-electron chi connectivity index (χ0n) is 21.4. The van der Waals surface area contributed by atoms with Crippen LogP contribution in [0.25, 0.3) is 5.69 Å². The topological polar surface area (TPSA) is 97.3 Å². The van der Waals surface area contributed by atoms with E-state index in [2.05, 4.69) is 20.9 Å². The first-order valence-electron chi connectivity index (χ1n) is 12.4. The average molecular weight is 490 g/mol. The van der Waals surface area contributed by atoms with Crippen LogP contribution in [0.15, 0.2) is 59.7 Å². The zero-order chi connectivity index (χ0) is 25.7. The molecule has 3 aromatic rings. The number of anilines is 1. The van der Waals surface area contributed by atoms with Crippen molar-refractivity contribution in [3.05, 3.63) is 81.9 Å². The fourth-order valence-electron chi connectivity index (χ4n) is 4.25. The maximum Gasteiger partial charge on any atom is 0.297 e. The van der Waals surface area contributed by atoms with Gasteiger partial charge in [0.1, 0.15) is 12.4 Å². The van der Waals surface area contributed by atoms with Gasteiger partial charge in [-0.2, -0.15) is 0 Å². The van der Waals surface area contributed by atoms with E-state index in [0.717, 1.165) is 42.7 Å². The highest BCUT2D eigenvalue weighted by Crippen LogP contribution is 2.31. The summed E-state index contributed by atoms with van der Waals surface area (Å²) in [5.41, 5.74) is 2.06. The Kier molecular flexibility index (Phi) is 7.74. The number of hydrogen-bond acceptors (Lipinski definition) is 6. The van der Waals surface area contributed by atoms with E-state index in [4.69, 9.17) is 4.74 Å². The number of para-hydroxylation sites is 1. The van der Waals surface area contributed by atoms with Crippen LogP contribution >= 0.6 is 0 Å². The molecule has 0 saturated heterocycles. The number of amides is 1. The van der Waals surface area contributed by atoms with E-state index in [0.29, 0.717) is 17.9 Å². The number of ether oxygens (including phenoxy) is 1. The molecule has 8 heteroatoms. The summed E-state index contributed by atoms with van der Waals surface area (Å²) in [7, 11) is 1.88. The van der Waals surface area contributed by atoms with Gasteiger partial charge in [0.2, 0.25) is 0 Å². The number of nitrogens with one attached hydrogen (secondary N) is 3. The number of benzene rings is 2. The van der Waals surface area contributed by atoms with Crippen molar-refractivity contribution in [2.24, 2.45) is 0 Å². The lowest BCUT2D eigenvalue weighted by atomic mass is 9.93. The fraction of sp³-hybridized carbons (Fsp3) is 0.393. The molecule has 3 N–H and O–H groups in total. The van der Waals surface area contributed by atoms with Crippen molar-refractivity contribution in [2.75, 3.05) is 25.5 Å². The molecule has 36 heavy (non-hydrogen) atoms. The van der Waals surface area contributed by atoms with Gasteiger partial charge in [-0.05, 0) is 70.8 Å². The van der Waals surface area contributed by atoms with Crippen molar-refractivity contribution in [2.45, 2.75) is 51.6 Å². The van der Waals surface area contributed by atoms with Gasteiger partial charge in [0.05, 0.1) is 11.2 Å². The number of hydrogen-bond donors (Lipinski definition) is 3. The summed E-state index contributed by atoms with van der Waals surface area (Å²) in [5.74, 6) is 0.858. The highest BCUT2D eigenvalue weighted by Gasteiger charge is 2.26. The standard InChI is InChI=1S/C28H35N5O3/c1-19-12-13-20(26(34)31-21-8-7-9-21)18-23(19)33-16-14-30-25(27(33)35)32-28(2,3)22-10-5-6-11-24(22)36-17-15-29-4/h5-6,10-14,16,18,21,29H,7-9,15,17H2,1-4H3,(H,30,32)(H,31,34). The van der Waals surface area contributed by atoms with Crippen molar-refractivity contribution in [3.8, 4) is 11.4 Å². The van der Waals surface area contributed by atoms with E-state index < -0.39 is 5.54 Å². The molecule has 0 bridgehead atoms. The van der Waals surface area contributed by atoms with Crippen molar-refractivity contribution >= 4 is 11.7 Å². The lowest BCUT2D eigenvalue weighted by molar-refractivity contribution is 0.0917. The van der Waals surface area contributed by atoms with E-state index >= 15 is 0 Å². The lowest BCUT2D eigenvalue weighted by Gasteiger charge is -2.29. The molecule has 2 aromatic carbocycles. The molecule has 0 radical (unpaired) electrons. The first kappa shape index (κ1) is 25.4. The maximum absolute atomic E-state index is 13.5. The third-order valence-electron chi connectivity index (χ3n) is 6.61. The van der Waals surface area contributed by atoms with E-state index in [9.17, 15) is 9.59 Å². The van der Waals surface area contributed by atoms with Gasteiger partial charge >= 0.3 is 0 Å². The van der Waals surface area contributed by atoms with Gasteiger partial charge in [-0.1, -0.05) is 24.3 Å². The SMILES string of the molecule is CNCCOc1ccccc1C(C)(C)Nc1nccn(-c2cc(C(=O)NC3CCC3)ccc2C)c1=O. The van der Waals surface area contributed by atoms with Gasteiger partial charge in [0.15, 0.2) is 5.82 Å². The van der Waals surface area contributed by atoms with Crippen molar-refractivity contribution in [3.63, 3.8) is 0 Å². The highest BCUT2D eigenvalue weighted by molar-refractivity contribution is 5.95. The van der Waals surface area contributed by atoms with E-state index in [1.165, 1.54) is 4.57 Å². The van der Waals surface area contributed by atoms with Gasteiger partial charge in [-0.3, -0.25) is 14.2 Å². The van der Waals surface area contributed by atoms with Crippen LogP contribution in [0.1, 0.15) is 54.6 Å². The summed E-state index contributed by atoms with van der Waals surface area (Å²) in [5, 5.41) is 9.46. The largest absolute Gasteiger partial charge is 0.492 e. The van der Waals surface area contributed by atoms with Crippen molar-refractivity contribution in [1.29, 1.82) is 0 Å².